The Morgan fingerprint density at radius 2 is 2.00 bits per heavy atom. The van der Waals surface area contributed by atoms with Crippen molar-refractivity contribution in [3.8, 4) is 11.4 Å². The maximum absolute atomic E-state index is 5.94. The van der Waals surface area contributed by atoms with Gasteiger partial charge in [0.05, 0.1) is 17.8 Å². The highest BCUT2D eigenvalue weighted by molar-refractivity contribution is 6.32. The quantitative estimate of drug-likeness (QED) is 0.831. The monoisotopic (exact) mass is 257 g/mol. The number of rotatable bonds is 2. The van der Waals surface area contributed by atoms with Gasteiger partial charge >= 0.3 is 0 Å². The molecule has 84 valence electrons. The molecule has 6 heteroatoms. The van der Waals surface area contributed by atoms with E-state index < -0.39 is 0 Å². The van der Waals surface area contributed by atoms with Crippen LogP contribution >= 0.6 is 23.2 Å². The molecular weight excluding hydrogens is 249 g/mol. The van der Waals surface area contributed by atoms with Crippen molar-refractivity contribution in [3.05, 3.63) is 34.3 Å². The minimum atomic E-state index is 0.307. The van der Waals surface area contributed by atoms with Crippen molar-refractivity contribution in [3.63, 3.8) is 0 Å². The molecule has 4 nitrogen and oxygen atoms in total. The van der Waals surface area contributed by atoms with Crippen molar-refractivity contribution < 1.29 is 4.74 Å². The predicted octanol–water partition coefficient (Wildman–Crippen LogP) is 2.89. The Morgan fingerprint density at radius 3 is 2.56 bits per heavy atom. The first-order chi connectivity index (χ1) is 7.63. The number of aromatic nitrogens is 3. The van der Waals surface area contributed by atoms with Crippen LogP contribution in [0.15, 0.2) is 18.2 Å². The van der Waals surface area contributed by atoms with E-state index >= 15 is 0 Å². The third-order valence-corrected chi connectivity index (χ3v) is 2.74. The molecule has 16 heavy (non-hydrogen) atoms. The number of hydrogen-bond donors (Lipinski definition) is 0. The number of hydrogen-bond acceptors (Lipinski definition) is 3. The van der Waals surface area contributed by atoms with Crippen LogP contribution in [0.4, 0.5) is 0 Å². The van der Waals surface area contributed by atoms with Crippen LogP contribution in [0.3, 0.4) is 0 Å². The first-order valence-electron chi connectivity index (χ1n) is 4.55. The van der Waals surface area contributed by atoms with Crippen LogP contribution in [0.5, 0.6) is 5.75 Å². The first-order valence-corrected chi connectivity index (χ1v) is 5.30. The molecule has 0 fully saturated rings. The molecule has 0 saturated carbocycles. The summed E-state index contributed by atoms with van der Waals surface area (Å²) < 4.78 is 6.84. The highest BCUT2D eigenvalue weighted by Gasteiger charge is 2.10. The normalized spacial score (nSPS) is 10.5. The van der Waals surface area contributed by atoms with Crippen LogP contribution in [0.2, 0.25) is 10.3 Å². The Bertz CT molecular complexity index is 505. The van der Waals surface area contributed by atoms with Gasteiger partial charge in [-0.25, -0.2) is 0 Å². The van der Waals surface area contributed by atoms with Gasteiger partial charge in [-0.05, 0) is 30.7 Å². The first kappa shape index (κ1) is 11.2. The average molecular weight is 258 g/mol. The molecule has 0 spiro atoms. The molecule has 2 aromatic rings. The lowest BCUT2D eigenvalue weighted by atomic mass is 10.3. The Balaban J connectivity index is 2.57. The van der Waals surface area contributed by atoms with Crippen LogP contribution in [-0.4, -0.2) is 21.9 Å². The van der Waals surface area contributed by atoms with Crippen LogP contribution in [0.25, 0.3) is 5.69 Å². The lowest BCUT2D eigenvalue weighted by molar-refractivity contribution is 0.415. The zero-order valence-electron chi connectivity index (χ0n) is 8.74. The number of aryl methyl sites for hydroxylation is 1. The molecule has 1 aromatic heterocycles. The van der Waals surface area contributed by atoms with Crippen molar-refractivity contribution in [2.45, 2.75) is 6.92 Å². The molecule has 1 heterocycles. The van der Waals surface area contributed by atoms with Gasteiger partial charge in [-0.2, -0.15) is 0 Å². The highest BCUT2D eigenvalue weighted by Crippen LogP contribution is 2.28. The molecule has 0 bridgehead atoms. The van der Waals surface area contributed by atoms with Crippen LogP contribution in [-0.2, 0) is 0 Å². The molecule has 1 aromatic carbocycles. The summed E-state index contributed by atoms with van der Waals surface area (Å²) >= 11 is 11.9. The highest BCUT2D eigenvalue weighted by atomic mass is 35.5. The smallest absolute Gasteiger partial charge is 0.229 e. The number of halogens is 2. The maximum atomic E-state index is 5.94. The molecular formula is C10H9Cl2N3O. The van der Waals surface area contributed by atoms with Crippen molar-refractivity contribution in [1.82, 2.24) is 14.8 Å². The van der Waals surface area contributed by atoms with Gasteiger partial charge in [-0.3, -0.25) is 4.57 Å². The van der Waals surface area contributed by atoms with E-state index in [1.54, 1.807) is 23.8 Å². The number of nitrogens with zero attached hydrogens (tertiary/aromatic N) is 3. The molecule has 0 aliphatic heterocycles. The van der Waals surface area contributed by atoms with Gasteiger partial charge in [0.2, 0.25) is 5.28 Å². The van der Waals surface area contributed by atoms with E-state index in [-0.39, 0.29) is 0 Å². The molecule has 0 atom stereocenters. The molecule has 0 amide bonds. The van der Waals surface area contributed by atoms with Crippen molar-refractivity contribution in [2.75, 3.05) is 7.11 Å². The molecule has 0 aliphatic carbocycles. The van der Waals surface area contributed by atoms with E-state index in [9.17, 15) is 0 Å². The topological polar surface area (TPSA) is 39.9 Å². The summed E-state index contributed by atoms with van der Waals surface area (Å²) in [5.74, 6) is 1.29. The predicted molar refractivity (Wildman–Crippen MR) is 62.7 cm³/mol. The Kier molecular flexibility index (Phi) is 3.03. The molecule has 0 radical (unpaired) electrons. The van der Waals surface area contributed by atoms with Crippen LogP contribution < -0.4 is 4.74 Å². The van der Waals surface area contributed by atoms with Gasteiger partial charge in [0.15, 0.2) is 0 Å². The van der Waals surface area contributed by atoms with Gasteiger partial charge in [0, 0.05) is 6.07 Å². The fourth-order valence-corrected chi connectivity index (χ4v) is 1.87. The van der Waals surface area contributed by atoms with Crippen molar-refractivity contribution in [1.29, 1.82) is 0 Å². The van der Waals surface area contributed by atoms with Crippen molar-refractivity contribution in [2.24, 2.45) is 0 Å². The second kappa shape index (κ2) is 4.31. The standard InChI is InChI=1S/C10H9Cl2N3O/c1-6-13-14-10(12)15(6)7-3-4-8(11)9(5-7)16-2/h3-5H,1-2H3. The average Bonchev–Trinajstić information content (AvgIpc) is 2.60. The second-order valence-electron chi connectivity index (χ2n) is 3.17. The molecule has 0 unspecified atom stereocenters. The van der Waals surface area contributed by atoms with E-state index in [1.165, 1.54) is 0 Å². The summed E-state index contributed by atoms with van der Waals surface area (Å²) in [6, 6.07) is 5.35. The van der Waals surface area contributed by atoms with E-state index in [0.29, 0.717) is 21.9 Å². The van der Waals surface area contributed by atoms with E-state index in [1.807, 2.05) is 13.0 Å². The van der Waals surface area contributed by atoms with Gasteiger partial charge in [-0.1, -0.05) is 11.6 Å². The van der Waals surface area contributed by atoms with Crippen LogP contribution in [0.1, 0.15) is 5.82 Å². The molecule has 2 rings (SSSR count). The fraction of sp³-hybridized carbons (Fsp3) is 0.200. The largest absolute Gasteiger partial charge is 0.495 e. The summed E-state index contributed by atoms with van der Waals surface area (Å²) in [7, 11) is 1.56. The zero-order valence-corrected chi connectivity index (χ0v) is 10.2. The minimum absolute atomic E-state index is 0.307. The molecule has 0 aliphatic rings. The number of ether oxygens (including phenoxy) is 1. The van der Waals surface area contributed by atoms with Gasteiger partial charge < -0.3 is 4.74 Å². The number of methoxy groups -OCH3 is 1. The minimum Gasteiger partial charge on any atom is -0.495 e. The lowest BCUT2D eigenvalue weighted by Crippen LogP contribution is -1.98. The zero-order chi connectivity index (χ0) is 11.7. The van der Waals surface area contributed by atoms with Gasteiger partial charge in [0.25, 0.3) is 0 Å². The number of benzene rings is 1. The third kappa shape index (κ3) is 1.86. The summed E-state index contributed by atoms with van der Waals surface area (Å²) in [4.78, 5) is 0. The SMILES string of the molecule is COc1cc(-n2c(C)nnc2Cl)ccc1Cl. The summed E-state index contributed by atoms with van der Waals surface area (Å²) in [5.41, 5.74) is 0.814. The lowest BCUT2D eigenvalue weighted by Gasteiger charge is -2.08. The maximum Gasteiger partial charge on any atom is 0.229 e. The summed E-state index contributed by atoms with van der Waals surface area (Å²) in [5, 5.41) is 8.51. The summed E-state index contributed by atoms with van der Waals surface area (Å²) in [6.07, 6.45) is 0. The fourth-order valence-electron chi connectivity index (χ4n) is 1.42. The second-order valence-corrected chi connectivity index (χ2v) is 3.92. The summed E-state index contributed by atoms with van der Waals surface area (Å²) in [6.45, 7) is 1.82. The van der Waals surface area contributed by atoms with Gasteiger partial charge in [0.1, 0.15) is 11.6 Å². The Morgan fingerprint density at radius 1 is 1.25 bits per heavy atom. The van der Waals surface area contributed by atoms with E-state index in [0.717, 1.165) is 5.69 Å². The van der Waals surface area contributed by atoms with Crippen LogP contribution in [0, 0.1) is 6.92 Å². The third-order valence-electron chi connectivity index (χ3n) is 2.18. The molecule has 0 saturated heterocycles. The van der Waals surface area contributed by atoms with E-state index in [2.05, 4.69) is 10.2 Å². The Labute approximate surface area is 103 Å². The molecule has 0 N–H and O–H groups in total. The van der Waals surface area contributed by atoms with E-state index in [4.69, 9.17) is 27.9 Å². The Hall–Kier alpha value is -1.26. The van der Waals surface area contributed by atoms with Gasteiger partial charge in [-0.15, -0.1) is 10.2 Å². The van der Waals surface area contributed by atoms with Crippen molar-refractivity contribution >= 4 is 23.2 Å².